The molecule has 2 aromatic carbocycles. The summed E-state index contributed by atoms with van der Waals surface area (Å²) in [5.41, 5.74) is 5.40. The minimum Gasteiger partial charge on any atom is -0.493 e. The van der Waals surface area contributed by atoms with Crippen LogP contribution in [-0.4, -0.2) is 52.7 Å². The number of pyridine rings is 1. The number of carboxylic acids is 1. The van der Waals surface area contributed by atoms with Crippen LogP contribution in [0.5, 0.6) is 5.75 Å². The molecule has 0 radical (unpaired) electrons. The summed E-state index contributed by atoms with van der Waals surface area (Å²) in [7, 11) is 0. The summed E-state index contributed by atoms with van der Waals surface area (Å²) in [6.07, 6.45) is 7.56. The number of hydrogen-bond acceptors (Lipinski definition) is 5. The number of amides is 1. The molecule has 0 unspecified atom stereocenters. The zero-order valence-electron chi connectivity index (χ0n) is 25.3. The van der Waals surface area contributed by atoms with Gasteiger partial charge in [0.25, 0.3) is 5.56 Å². The number of hydrogen-bond donors (Lipinski definition) is 2. The molecule has 0 spiro atoms. The fourth-order valence-electron chi connectivity index (χ4n) is 6.19. The van der Waals surface area contributed by atoms with Crippen LogP contribution in [-0.2, 0) is 16.0 Å². The van der Waals surface area contributed by atoms with E-state index < -0.39 is 18.1 Å². The summed E-state index contributed by atoms with van der Waals surface area (Å²) < 4.78 is 7.83. The average Bonchev–Trinajstić information content (AvgIpc) is 2.93. The van der Waals surface area contributed by atoms with Gasteiger partial charge >= 0.3 is 5.97 Å². The number of rotatable bonds is 6. The van der Waals surface area contributed by atoms with Crippen LogP contribution in [0.15, 0.2) is 59.5 Å². The van der Waals surface area contributed by atoms with Gasteiger partial charge in [0, 0.05) is 24.4 Å². The number of aromatic nitrogens is 1. The molecule has 1 aromatic heterocycles. The molecule has 3 heterocycles. The van der Waals surface area contributed by atoms with Crippen LogP contribution in [0.4, 0.5) is 0 Å². The Labute approximate surface area is 253 Å². The maximum atomic E-state index is 14.0. The molecule has 2 aliphatic heterocycles. The van der Waals surface area contributed by atoms with Gasteiger partial charge in [0.1, 0.15) is 11.8 Å². The summed E-state index contributed by atoms with van der Waals surface area (Å²) in [5, 5.41) is 12.9. The maximum Gasteiger partial charge on any atom is 0.305 e. The van der Waals surface area contributed by atoms with Crippen LogP contribution in [0, 0.1) is 13.8 Å². The van der Waals surface area contributed by atoms with Gasteiger partial charge in [-0.1, -0.05) is 55.2 Å². The molecule has 0 saturated carbocycles. The average molecular weight is 586 g/mol. The molecule has 1 fully saturated rings. The van der Waals surface area contributed by atoms with Crippen LogP contribution in [0.3, 0.4) is 0 Å². The number of nitrogens with one attached hydrogen (secondary N) is 1. The molecule has 2 atom stereocenters. The lowest BCUT2D eigenvalue weighted by Crippen LogP contribution is -2.40. The van der Waals surface area contributed by atoms with Crippen molar-refractivity contribution in [2.24, 2.45) is 0 Å². The van der Waals surface area contributed by atoms with E-state index >= 15 is 0 Å². The predicted octanol–water partition coefficient (Wildman–Crippen LogP) is 5.60. The van der Waals surface area contributed by atoms with Gasteiger partial charge in [-0.15, -0.1) is 0 Å². The summed E-state index contributed by atoms with van der Waals surface area (Å²) in [5.74, 6) is -0.538. The summed E-state index contributed by atoms with van der Waals surface area (Å²) in [6, 6.07) is 13.9. The largest absolute Gasteiger partial charge is 0.493 e. The van der Waals surface area contributed by atoms with Crippen molar-refractivity contribution in [3.05, 3.63) is 87.3 Å². The predicted molar refractivity (Wildman–Crippen MR) is 168 cm³/mol. The van der Waals surface area contributed by atoms with E-state index in [0.29, 0.717) is 18.6 Å². The maximum absolute atomic E-state index is 14.0. The van der Waals surface area contributed by atoms with Crippen LogP contribution < -0.4 is 15.6 Å². The summed E-state index contributed by atoms with van der Waals surface area (Å²) in [6.45, 7) is 7.73. The number of ether oxygens (including phenoxy) is 1. The Morgan fingerprint density at radius 3 is 2.58 bits per heavy atom. The van der Waals surface area contributed by atoms with Gasteiger partial charge in [-0.05, 0) is 87.0 Å². The molecule has 1 saturated heterocycles. The Balaban J connectivity index is 1.51. The molecule has 228 valence electrons. The van der Waals surface area contributed by atoms with Gasteiger partial charge in [0.2, 0.25) is 5.91 Å². The number of carbonyl (C=O) groups excluding carboxylic acids is 1. The number of fused-ring (bicyclic) bond motifs is 4. The highest BCUT2D eigenvalue weighted by Crippen LogP contribution is 2.36. The summed E-state index contributed by atoms with van der Waals surface area (Å²) in [4.78, 5) is 41.6. The second-order valence-corrected chi connectivity index (χ2v) is 12.0. The Kier molecular flexibility index (Phi) is 9.97. The molecule has 8 heteroatoms. The Morgan fingerprint density at radius 2 is 1.81 bits per heavy atom. The van der Waals surface area contributed by atoms with E-state index in [4.69, 9.17) is 4.74 Å². The third kappa shape index (κ3) is 7.73. The first-order valence-electron chi connectivity index (χ1n) is 15.6. The number of aryl methyl sites for hydroxylation is 2. The van der Waals surface area contributed by atoms with Gasteiger partial charge in [0.15, 0.2) is 0 Å². The normalized spacial score (nSPS) is 19.9. The quantitative estimate of drug-likeness (QED) is 0.391. The second-order valence-electron chi connectivity index (χ2n) is 12.0. The fourth-order valence-corrected chi connectivity index (χ4v) is 6.19. The van der Waals surface area contributed by atoms with E-state index in [0.717, 1.165) is 85.3 Å². The molecule has 2 bridgehead atoms. The van der Waals surface area contributed by atoms with Crippen molar-refractivity contribution in [1.29, 1.82) is 0 Å². The lowest BCUT2D eigenvalue weighted by molar-refractivity contribution is -0.138. The van der Waals surface area contributed by atoms with Gasteiger partial charge in [0.05, 0.1) is 19.1 Å². The molecule has 2 aliphatic rings. The molecular formula is C35H43N3O5. The van der Waals surface area contributed by atoms with E-state index in [1.54, 1.807) is 10.6 Å². The molecule has 0 aliphatic carbocycles. The SMILES string of the molecule is Cc1cc2cc(c1)[C@H](CC(=O)O)NC(=O)[C@@H](n1cc(CCN3CCC3)ccc1=O)CCCCCCOc1cccc(C)c1-2. The van der Waals surface area contributed by atoms with Gasteiger partial charge in [-0.3, -0.25) is 14.4 Å². The molecule has 1 amide bonds. The highest BCUT2D eigenvalue weighted by Gasteiger charge is 2.27. The monoisotopic (exact) mass is 585 g/mol. The molecule has 5 rings (SSSR count). The highest BCUT2D eigenvalue weighted by molar-refractivity contribution is 5.82. The van der Waals surface area contributed by atoms with Crippen LogP contribution >= 0.6 is 0 Å². The molecular weight excluding hydrogens is 542 g/mol. The molecule has 3 aromatic rings. The van der Waals surface area contributed by atoms with E-state index in [9.17, 15) is 19.5 Å². The second kappa shape index (κ2) is 14.0. The third-order valence-electron chi connectivity index (χ3n) is 8.65. The minimum atomic E-state index is -1.01. The van der Waals surface area contributed by atoms with Gasteiger partial charge in [-0.25, -0.2) is 0 Å². The number of carboxylic acid groups (broad SMARTS) is 1. The molecule has 8 nitrogen and oxygen atoms in total. The molecule has 43 heavy (non-hydrogen) atoms. The Morgan fingerprint density at radius 1 is 1.00 bits per heavy atom. The van der Waals surface area contributed by atoms with Gasteiger partial charge < -0.3 is 24.6 Å². The third-order valence-corrected chi connectivity index (χ3v) is 8.65. The number of benzene rings is 2. The van der Waals surface area contributed by atoms with E-state index in [1.807, 2.05) is 56.4 Å². The zero-order chi connectivity index (χ0) is 30.3. The lowest BCUT2D eigenvalue weighted by Gasteiger charge is -2.30. The van der Waals surface area contributed by atoms with E-state index in [2.05, 4.69) is 16.3 Å². The smallest absolute Gasteiger partial charge is 0.305 e. The first-order valence-corrected chi connectivity index (χ1v) is 15.6. The fraction of sp³-hybridized carbons (Fsp3) is 0.457. The van der Waals surface area contributed by atoms with Crippen LogP contribution in [0.2, 0.25) is 0 Å². The first kappa shape index (κ1) is 30.5. The van der Waals surface area contributed by atoms with Crippen molar-refractivity contribution in [2.75, 3.05) is 26.2 Å². The number of carbonyl (C=O) groups is 2. The Hall–Kier alpha value is -3.91. The van der Waals surface area contributed by atoms with Crippen LogP contribution in [0.1, 0.15) is 79.3 Å². The first-order chi connectivity index (χ1) is 20.8. The van der Waals surface area contributed by atoms with Gasteiger partial charge in [-0.2, -0.15) is 0 Å². The zero-order valence-corrected chi connectivity index (χ0v) is 25.3. The topological polar surface area (TPSA) is 101 Å². The minimum absolute atomic E-state index is 0.227. The number of nitrogens with zero attached hydrogens (tertiary/aromatic N) is 2. The molecule has 2 N–H and O–H groups in total. The number of likely N-dealkylation sites (tertiary alicyclic amines) is 1. The van der Waals surface area contributed by atoms with E-state index in [1.165, 1.54) is 6.42 Å². The van der Waals surface area contributed by atoms with Crippen molar-refractivity contribution in [3.63, 3.8) is 0 Å². The van der Waals surface area contributed by atoms with Crippen LogP contribution in [0.25, 0.3) is 11.1 Å². The van der Waals surface area contributed by atoms with Crippen molar-refractivity contribution >= 4 is 11.9 Å². The van der Waals surface area contributed by atoms with Crippen molar-refractivity contribution in [2.45, 2.75) is 77.3 Å². The lowest BCUT2D eigenvalue weighted by atomic mass is 9.92. The van der Waals surface area contributed by atoms with Crippen molar-refractivity contribution in [1.82, 2.24) is 14.8 Å². The summed E-state index contributed by atoms with van der Waals surface area (Å²) >= 11 is 0. The van der Waals surface area contributed by atoms with E-state index in [-0.39, 0.29) is 17.9 Å². The standard InChI is InChI=1S/C35H43N3O5/c1-24-19-27-21-28(20-24)34-25(2)9-7-11-31(34)43-18-6-4-3-5-10-30(35(42)36-29(27)22-33(40)41)38-23-26(12-13-32(38)39)14-17-37-15-8-16-37/h7,9,11-13,19-21,23,29-30H,3-6,8,10,14-18,22H2,1-2H3,(H,36,42)(H,40,41)/t29-,30-/m0/s1. The highest BCUT2D eigenvalue weighted by atomic mass is 16.5. The number of aliphatic carboxylic acids is 1. The Bertz CT molecular complexity index is 1510. The van der Waals surface area contributed by atoms with Crippen molar-refractivity contribution in [3.8, 4) is 16.9 Å². The van der Waals surface area contributed by atoms with Crippen molar-refractivity contribution < 1.29 is 19.4 Å².